The van der Waals surface area contributed by atoms with E-state index in [1.165, 1.54) is 0 Å². The van der Waals surface area contributed by atoms with Gasteiger partial charge in [-0.3, -0.25) is 19.8 Å². The zero-order valence-electron chi connectivity index (χ0n) is 10.5. The molecule has 0 radical (unpaired) electrons. The molecule has 104 valence electrons. The first-order valence-electron chi connectivity index (χ1n) is 5.84. The third-order valence-corrected chi connectivity index (χ3v) is 3.78. The summed E-state index contributed by atoms with van der Waals surface area (Å²) in [5, 5.41) is 15.3. The Morgan fingerprint density at radius 1 is 1.68 bits per heavy atom. The number of aliphatic carboxylic acids is 1. The molecule has 1 amide bonds. The first-order valence-corrected chi connectivity index (χ1v) is 6.99. The van der Waals surface area contributed by atoms with Crippen LogP contribution in [0.3, 0.4) is 0 Å². The van der Waals surface area contributed by atoms with Crippen molar-refractivity contribution >= 4 is 29.5 Å². The minimum Gasteiger partial charge on any atom is -0.480 e. The van der Waals surface area contributed by atoms with E-state index in [0.717, 1.165) is 5.75 Å². The van der Waals surface area contributed by atoms with Crippen LogP contribution in [0.4, 0.5) is 5.88 Å². The van der Waals surface area contributed by atoms with Crippen molar-refractivity contribution < 1.29 is 19.2 Å². The fourth-order valence-corrected chi connectivity index (χ4v) is 2.95. The van der Waals surface area contributed by atoms with Gasteiger partial charge in [-0.15, -0.1) is 0 Å². The number of hydrogen-bond acceptors (Lipinski definition) is 6. The molecule has 8 heteroatoms. The zero-order valence-corrected chi connectivity index (χ0v) is 11.3. The first kappa shape index (κ1) is 13.9. The number of nitrogens with zero attached hydrogens (tertiary/aromatic N) is 2. The number of carboxylic acid groups (broad SMARTS) is 1. The van der Waals surface area contributed by atoms with Gasteiger partial charge in [0.1, 0.15) is 6.04 Å². The van der Waals surface area contributed by atoms with Crippen LogP contribution in [0.15, 0.2) is 10.6 Å². The van der Waals surface area contributed by atoms with Gasteiger partial charge < -0.3 is 9.63 Å². The Balaban J connectivity index is 1.91. The summed E-state index contributed by atoms with van der Waals surface area (Å²) >= 11 is 1.59. The van der Waals surface area contributed by atoms with Gasteiger partial charge in [0.2, 0.25) is 11.8 Å². The molecule has 1 aromatic heterocycles. The van der Waals surface area contributed by atoms with Crippen LogP contribution in [-0.4, -0.2) is 57.7 Å². The molecule has 2 rings (SSSR count). The monoisotopic (exact) mass is 285 g/mol. The third-order valence-electron chi connectivity index (χ3n) is 2.76. The average Bonchev–Trinajstić information content (AvgIpc) is 2.75. The second kappa shape index (κ2) is 6.07. The van der Waals surface area contributed by atoms with Crippen molar-refractivity contribution in [3.63, 3.8) is 0 Å². The molecule has 0 aromatic carbocycles. The van der Waals surface area contributed by atoms with E-state index in [2.05, 4.69) is 10.5 Å². The number of carbonyl (C=O) groups excluding carboxylic acids is 1. The van der Waals surface area contributed by atoms with Gasteiger partial charge in [-0.2, -0.15) is 11.8 Å². The van der Waals surface area contributed by atoms with Crippen molar-refractivity contribution in [2.75, 3.05) is 29.9 Å². The predicted molar refractivity (Wildman–Crippen MR) is 70.2 cm³/mol. The van der Waals surface area contributed by atoms with Crippen LogP contribution in [0.25, 0.3) is 0 Å². The number of rotatable bonds is 4. The quantitative estimate of drug-likeness (QED) is 0.827. The molecule has 0 spiro atoms. The Bertz CT molecular complexity index is 476. The van der Waals surface area contributed by atoms with E-state index in [0.29, 0.717) is 18.0 Å². The molecule has 7 nitrogen and oxygen atoms in total. The van der Waals surface area contributed by atoms with Crippen molar-refractivity contribution in [2.24, 2.45) is 0 Å². The molecule has 1 atom stereocenters. The fourth-order valence-electron chi connectivity index (χ4n) is 1.84. The number of anilines is 1. The number of nitrogens with one attached hydrogen (secondary N) is 1. The predicted octanol–water partition coefficient (Wildman–Crippen LogP) is 0.424. The minimum atomic E-state index is -0.893. The molecule has 0 bridgehead atoms. The molecule has 1 aliphatic rings. The maximum absolute atomic E-state index is 11.8. The SMILES string of the molecule is Cc1cc(NC(=O)CN2CCSCC2C(=O)O)on1. The first-order chi connectivity index (χ1) is 9.06. The fraction of sp³-hybridized carbons (Fsp3) is 0.545. The van der Waals surface area contributed by atoms with E-state index in [-0.39, 0.29) is 18.3 Å². The molecular formula is C11H15N3O4S. The van der Waals surface area contributed by atoms with Gasteiger partial charge in [0, 0.05) is 24.1 Å². The smallest absolute Gasteiger partial charge is 0.321 e. The molecule has 0 saturated carbocycles. The average molecular weight is 285 g/mol. The van der Waals surface area contributed by atoms with Crippen LogP contribution < -0.4 is 5.32 Å². The highest BCUT2D eigenvalue weighted by atomic mass is 32.2. The van der Waals surface area contributed by atoms with Gasteiger partial charge in [0.05, 0.1) is 12.2 Å². The van der Waals surface area contributed by atoms with Crippen molar-refractivity contribution in [3.8, 4) is 0 Å². The largest absolute Gasteiger partial charge is 0.480 e. The number of hydrogen-bond donors (Lipinski definition) is 2. The van der Waals surface area contributed by atoms with Crippen molar-refractivity contribution in [2.45, 2.75) is 13.0 Å². The molecule has 0 aliphatic carbocycles. The van der Waals surface area contributed by atoms with Crippen LogP contribution in [0, 0.1) is 6.92 Å². The Morgan fingerprint density at radius 3 is 3.11 bits per heavy atom. The number of aryl methyl sites for hydroxylation is 1. The Labute approximate surface area is 114 Å². The number of amides is 1. The third kappa shape index (κ3) is 3.71. The summed E-state index contributed by atoms with van der Waals surface area (Å²) in [4.78, 5) is 24.6. The molecular weight excluding hydrogens is 270 g/mol. The standard InChI is InChI=1S/C11H15N3O4S/c1-7-4-10(18-13-7)12-9(15)5-14-2-3-19-6-8(14)11(16)17/h4,8H,2-3,5-6H2,1H3,(H,12,15)(H,16,17). The van der Waals surface area contributed by atoms with Crippen molar-refractivity contribution in [1.29, 1.82) is 0 Å². The van der Waals surface area contributed by atoms with E-state index >= 15 is 0 Å². The van der Waals surface area contributed by atoms with Crippen molar-refractivity contribution in [1.82, 2.24) is 10.1 Å². The summed E-state index contributed by atoms with van der Waals surface area (Å²) in [7, 11) is 0. The molecule has 1 unspecified atom stereocenters. The number of aromatic nitrogens is 1. The maximum Gasteiger partial charge on any atom is 0.321 e. The summed E-state index contributed by atoms with van der Waals surface area (Å²) in [6.07, 6.45) is 0. The number of carbonyl (C=O) groups is 2. The maximum atomic E-state index is 11.8. The van der Waals surface area contributed by atoms with Crippen LogP contribution >= 0.6 is 11.8 Å². The van der Waals surface area contributed by atoms with Crippen LogP contribution in [0.2, 0.25) is 0 Å². The molecule has 19 heavy (non-hydrogen) atoms. The minimum absolute atomic E-state index is 0.0390. The van der Waals surface area contributed by atoms with E-state index in [1.807, 2.05) is 0 Å². The molecule has 1 saturated heterocycles. The summed E-state index contributed by atoms with van der Waals surface area (Å²) in [6, 6.07) is 1.000. The molecule has 1 aromatic rings. The molecule has 1 aliphatic heterocycles. The summed E-state index contributed by atoms with van der Waals surface area (Å²) in [5.74, 6) is 0.424. The molecule has 1 fully saturated rings. The van der Waals surface area contributed by atoms with Crippen LogP contribution in [0.1, 0.15) is 5.69 Å². The second-order valence-electron chi connectivity index (χ2n) is 4.28. The lowest BCUT2D eigenvalue weighted by Crippen LogP contribution is -2.50. The van der Waals surface area contributed by atoms with Crippen molar-refractivity contribution in [3.05, 3.63) is 11.8 Å². The van der Waals surface area contributed by atoms with E-state index in [1.54, 1.807) is 29.7 Å². The van der Waals surface area contributed by atoms with Gasteiger partial charge in [0.25, 0.3) is 0 Å². The summed E-state index contributed by atoms with van der Waals surface area (Å²) in [6.45, 7) is 2.38. The van der Waals surface area contributed by atoms with E-state index in [9.17, 15) is 9.59 Å². The second-order valence-corrected chi connectivity index (χ2v) is 5.43. The Kier molecular flexibility index (Phi) is 4.43. The van der Waals surface area contributed by atoms with Gasteiger partial charge in [-0.05, 0) is 6.92 Å². The van der Waals surface area contributed by atoms with Gasteiger partial charge in [0.15, 0.2) is 0 Å². The van der Waals surface area contributed by atoms with Gasteiger partial charge in [-0.25, -0.2) is 0 Å². The van der Waals surface area contributed by atoms with E-state index in [4.69, 9.17) is 9.63 Å². The van der Waals surface area contributed by atoms with Crippen LogP contribution in [-0.2, 0) is 9.59 Å². The van der Waals surface area contributed by atoms with Gasteiger partial charge in [-0.1, -0.05) is 5.16 Å². The highest BCUT2D eigenvalue weighted by Crippen LogP contribution is 2.16. The van der Waals surface area contributed by atoms with Crippen LogP contribution in [0.5, 0.6) is 0 Å². The lowest BCUT2D eigenvalue weighted by atomic mass is 10.2. The summed E-state index contributed by atoms with van der Waals surface area (Å²) in [5.41, 5.74) is 0.674. The van der Waals surface area contributed by atoms with Gasteiger partial charge >= 0.3 is 5.97 Å². The molecule has 2 heterocycles. The zero-order chi connectivity index (χ0) is 13.8. The Morgan fingerprint density at radius 2 is 2.47 bits per heavy atom. The summed E-state index contributed by atoms with van der Waals surface area (Å²) < 4.78 is 4.88. The highest BCUT2D eigenvalue weighted by molar-refractivity contribution is 7.99. The number of thioether (sulfide) groups is 1. The lowest BCUT2D eigenvalue weighted by Gasteiger charge is -2.31. The topological polar surface area (TPSA) is 95.7 Å². The molecule has 2 N–H and O–H groups in total. The van der Waals surface area contributed by atoms with E-state index < -0.39 is 12.0 Å². The highest BCUT2D eigenvalue weighted by Gasteiger charge is 2.30. The Hall–Kier alpha value is -1.54. The number of carboxylic acids is 1. The normalized spacial score (nSPS) is 20.2. The lowest BCUT2D eigenvalue weighted by molar-refractivity contribution is -0.142.